The van der Waals surface area contributed by atoms with E-state index in [0.29, 0.717) is 12.6 Å². The molecule has 1 aromatic carbocycles. The number of hydrogen-bond donors (Lipinski definition) is 1. The molecule has 3 rings (SSSR count). The van der Waals surface area contributed by atoms with Gasteiger partial charge in [0.1, 0.15) is 6.61 Å². The van der Waals surface area contributed by atoms with Crippen molar-refractivity contribution >= 4 is 0 Å². The molecular formula is C17H26N2O2. The van der Waals surface area contributed by atoms with Crippen LogP contribution in [-0.4, -0.2) is 50.3 Å². The SMILES string of the molecule is COc1ccccc1OCCNC1CCN2CCCC2C1. The molecule has 2 fully saturated rings. The second-order valence-electron chi connectivity index (χ2n) is 6.01. The quantitative estimate of drug-likeness (QED) is 0.815. The molecule has 0 radical (unpaired) electrons. The minimum atomic E-state index is 0.658. The number of nitrogens with zero attached hydrogens (tertiary/aromatic N) is 1. The molecule has 2 atom stereocenters. The topological polar surface area (TPSA) is 33.7 Å². The van der Waals surface area contributed by atoms with E-state index in [9.17, 15) is 0 Å². The molecule has 0 saturated carbocycles. The van der Waals surface area contributed by atoms with E-state index in [2.05, 4.69) is 10.2 Å². The predicted molar refractivity (Wildman–Crippen MR) is 84.1 cm³/mol. The first-order chi connectivity index (χ1) is 10.4. The molecule has 0 amide bonds. The monoisotopic (exact) mass is 290 g/mol. The van der Waals surface area contributed by atoms with E-state index in [1.165, 1.54) is 38.8 Å². The van der Waals surface area contributed by atoms with Crippen molar-refractivity contribution in [3.8, 4) is 11.5 Å². The van der Waals surface area contributed by atoms with Crippen LogP contribution in [0.1, 0.15) is 25.7 Å². The third kappa shape index (κ3) is 3.69. The Morgan fingerprint density at radius 2 is 2.05 bits per heavy atom. The van der Waals surface area contributed by atoms with Crippen molar-refractivity contribution < 1.29 is 9.47 Å². The third-order valence-electron chi connectivity index (χ3n) is 4.68. The maximum absolute atomic E-state index is 5.81. The van der Waals surface area contributed by atoms with Gasteiger partial charge in [-0.05, 0) is 50.9 Å². The summed E-state index contributed by atoms with van der Waals surface area (Å²) in [5, 5.41) is 3.65. The van der Waals surface area contributed by atoms with Gasteiger partial charge in [0.2, 0.25) is 0 Å². The van der Waals surface area contributed by atoms with Crippen molar-refractivity contribution in [1.29, 1.82) is 0 Å². The van der Waals surface area contributed by atoms with Crippen LogP contribution in [0.3, 0.4) is 0 Å². The second kappa shape index (κ2) is 7.14. The molecule has 0 bridgehead atoms. The van der Waals surface area contributed by atoms with Crippen LogP contribution in [0.5, 0.6) is 11.5 Å². The van der Waals surface area contributed by atoms with Crippen molar-refractivity contribution in [3.63, 3.8) is 0 Å². The van der Waals surface area contributed by atoms with Gasteiger partial charge in [0.05, 0.1) is 7.11 Å². The van der Waals surface area contributed by atoms with E-state index < -0.39 is 0 Å². The molecule has 2 aliphatic heterocycles. The van der Waals surface area contributed by atoms with E-state index in [-0.39, 0.29) is 0 Å². The van der Waals surface area contributed by atoms with Gasteiger partial charge in [-0.3, -0.25) is 0 Å². The van der Waals surface area contributed by atoms with E-state index in [0.717, 1.165) is 24.1 Å². The number of nitrogens with one attached hydrogen (secondary N) is 1. The minimum absolute atomic E-state index is 0.658. The largest absolute Gasteiger partial charge is 0.493 e. The summed E-state index contributed by atoms with van der Waals surface area (Å²) in [5.41, 5.74) is 0. The zero-order chi connectivity index (χ0) is 14.5. The van der Waals surface area contributed by atoms with Gasteiger partial charge in [-0.15, -0.1) is 0 Å². The molecule has 4 nitrogen and oxygen atoms in total. The number of rotatable bonds is 6. The van der Waals surface area contributed by atoms with E-state index in [1.54, 1.807) is 7.11 Å². The summed E-state index contributed by atoms with van der Waals surface area (Å²) in [6.07, 6.45) is 5.34. The van der Waals surface area contributed by atoms with Crippen LogP contribution >= 0.6 is 0 Å². The fourth-order valence-electron chi connectivity index (χ4n) is 3.57. The van der Waals surface area contributed by atoms with Gasteiger partial charge in [-0.25, -0.2) is 0 Å². The summed E-state index contributed by atoms with van der Waals surface area (Å²) in [6, 6.07) is 9.30. The van der Waals surface area contributed by atoms with Crippen LogP contribution in [0.4, 0.5) is 0 Å². The second-order valence-corrected chi connectivity index (χ2v) is 6.01. The van der Waals surface area contributed by atoms with Gasteiger partial charge < -0.3 is 19.7 Å². The van der Waals surface area contributed by atoms with Crippen molar-refractivity contribution in [2.24, 2.45) is 0 Å². The number of hydrogen-bond acceptors (Lipinski definition) is 4. The molecule has 1 aromatic rings. The molecule has 1 N–H and O–H groups in total. The third-order valence-corrected chi connectivity index (χ3v) is 4.68. The van der Waals surface area contributed by atoms with Crippen molar-refractivity contribution in [2.75, 3.05) is 33.4 Å². The highest BCUT2D eigenvalue weighted by Gasteiger charge is 2.31. The Balaban J connectivity index is 1.38. The normalized spacial score (nSPS) is 25.6. The van der Waals surface area contributed by atoms with Gasteiger partial charge >= 0.3 is 0 Å². The predicted octanol–water partition coefficient (Wildman–Crippen LogP) is 2.29. The highest BCUT2D eigenvalue weighted by atomic mass is 16.5. The van der Waals surface area contributed by atoms with Crippen molar-refractivity contribution in [3.05, 3.63) is 24.3 Å². The molecule has 0 aromatic heterocycles. The van der Waals surface area contributed by atoms with Crippen LogP contribution in [0, 0.1) is 0 Å². The smallest absolute Gasteiger partial charge is 0.161 e. The lowest BCUT2D eigenvalue weighted by molar-refractivity contribution is 0.163. The van der Waals surface area contributed by atoms with Crippen LogP contribution < -0.4 is 14.8 Å². The summed E-state index contributed by atoms with van der Waals surface area (Å²) < 4.78 is 11.1. The molecule has 0 spiro atoms. The number of benzene rings is 1. The fraction of sp³-hybridized carbons (Fsp3) is 0.647. The Morgan fingerprint density at radius 1 is 1.19 bits per heavy atom. The number of methoxy groups -OCH3 is 1. The Kier molecular flexibility index (Phi) is 4.99. The number of piperidine rings is 1. The van der Waals surface area contributed by atoms with Gasteiger partial charge in [0.15, 0.2) is 11.5 Å². The maximum atomic E-state index is 5.81. The van der Waals surface area contributed by atoms with E-state index in [1.807, 2.05) is 24.3 Å². The Morgan fingerprint density at radius 3 is 2.90 bits per heavy atom. The Labute approximate surface area is 127 Å². The average Bonchev–Trinajstić information content (AvgIpc) is 2.99. The lowest BCUT2D eigenvalue weighted by atomic mass is 9.98. The molecule has 2 heterocycles. The molecular weight excluding hydrogens is 264 g/mol. The average molecular weight is 290 g/mol. The van der Waals surface area contributed by atoms with Gasteiger partial charge in [-0.2, -0.15) is 0 Å². The molecule has 2 saturated heterocycles. The van der Waals surface area contributed by atoms with Crippen LogP contribution in [0.25, 0.3) is 0 Å². The first-order valence-corrected chi connectivity index (χ1v) is 8.10. The Bertz CT molecular complexity index is 452. The van der Waals surface area contributed by atoms with Gasteiger partial charge in [-0.1, -0.05) is 12.1 Å². The summed E-state index contributed by atoms with van der Waals surface area (Å²) in [6.45, 7) is 4.16. The first-order valence-electron chi connectivity index (χ1n) is 8.10. The minimum Gasteiger partial charge on any atom is -0.493 e. The molecule has 2 aliphatic rings. The van der Waals surface area contributed by atoms with Crippen LogP contribution in [-0.2, 0) is 0 Å². The molecule has 21 heavy (non-hydrogen) atoms. The highest BCUT2D eigenvalue weighted by molar-refractivity contribution is 5.39. The van der Waals surface area contributed by atoms with Crippen molar-refractivity contribution in [1.82, 2.24) is 10.2 Å². The summed E-state index contributed by atoms with van der Waals surface area (Å²) in [4.78, 5) is 2.66. The standard InChI is InChI=1S/C17H26N2O2/c1-20-16-6-2-3-7-17(16)21-12-9-18-14-8-11-19-10-4-5-15(19)13-14/h2-3,6-7,14-15,18H,4-5,8-13H2,1H3. The van der Waals surface area contributed by atoms with Gasteiger partial charge in [0.25, 0.3) is 0 Å². The summed E-state index contributed by atoms with van der Waals surface area (Å²) in [7, 11) is 1.68. The lowest BCUT2D eigenvalue weighted by Gasteiger charge is -2.35. The zero-order valence-corrected chi connectivity index (χ0v) is 12.9. The van der Waals surface area contributed by atoms with E-state index >= 15 is 0 Å². The number of fused-ring (bicyclic) bond motifs is 1. The van der Waals surface area contributed by atoms with Crippen molar-refractivity contribution in [2.45, 2.75) is 37.8 Å². The molecule has 4 heteroatoms. The summed E-state index contributed by atoms with van der Waals surface area (Å²) >= 11 is 0. The van der Waals surface area contributed by atoms with Gasteiger partial charge in [0, 0.05) is 18.6 Å². The lowest BCUT2D eigenvalue weighted by Crippen LogP contribution is -2.46. The van der Waals surface area contributed by atoms with E-state index in [4.69, 9.17) is 9.47 Å². The number of para-hydroxylation sites is 2. The molecule has 116 valence electrons. The molecule has 0 aliphatic carbocycles. The maximum Gasteiger partial charge on any atom is 0.161 e. The Hall–Kier alpha value is -1.26. The zero-order valence-electron chi connectivity index (χ0n) is 12.9. The summed E-state index contributed by atoms with van der Waals surface area (Å²) in [5.74, 6) is 1.63. The first kappa shape index (κ1) is 14.7. The number of ether oxygens (including phenoxy) is 2. The van der Waals surface area contributed by atoms with Crippen LogP contribution in [0.15, 0.2) is 24.3 Å². The fourth-order valence-corrected chi connectivity index (χ4v) is 3.57. The molecule has 2 unspecified atom stereocenters. The highest BCUT2D eigenvalue weighted by Crippen LogP contribution is 2.27. The van der Waals surface area contributed by atoms with Crippen LogP contribution in [0.2, 0.25) is 0 Å².